The molecular weight excluding hydrogens is 643 g/mol. The van der Waals surface area contributed by atoms with E-state index in [4.69, 9.17) is 11.5 Å². The fourth-order valence-electron chi connectivity index (χ4n) is 7.22. The second kappa shape index (κ2) is 16.1. The predicted octanol–water partition coefficient (Wildman–Crippen LogP) is 5.94. The smallest absolute Gasteiger partial charge is 0.240 e. The van der Waals surface area contributed by atoms with E-state index in [1.165, 1.54) is 11.3 Å². The molecule has 262 valence electrons. The van der Waals surface area contributed by atoms with E-state index in [1.54, 1.807) is 0 Å². The summed E-state index contributed by atoms with van der Waals surface area (Å²) in [5, 5.41) is 17.9. The van der Waals surface area contributed by atoms with Crippen molar-refractivity contribution in [3.05, 3.63) is 101 Å². The summed E-state index contributed by atoms with van der Waals surface area (Å²) >= 11 is 1.52. The van der Waals surface area contributed by atoms with Gasteiger partial charge in [0, 0.05) is 31.7 Å². The van der Waals surface area contributed by atoms with Crippen LogP contribution in [0.5, 0.6) is 0 Å². The van der Waals surface area contributed by atoms with Crippen LogP contribution in [-0.4, -0.2) is 75.6 Å². The number of aryl methyl sites for hydroxylation is 1. The Morgan fingerprint density at radius 3 is 1.82 bits per heavy atom. The van der Waals surface area contributed by atoms with Gasteiger partial charge >= 0.3 is 0 Å². The zero-order chi connectivity index (χ0) is 35.2. The first-order chi connectivity index (χ1) is 24.1. The molecule has 2 amide bonds. The third-order valence-corrected chi connectivity index (χ3v) is 10.5. The number of hydrogen-bond acceptors (Lipinski definition) is 8. The van der Waals surface area contributed by atoms with Crippen molar-refractivity contribution < 1.29 is 9.59 Å². The van der Waals surface area contributed by atoms with Crippen LogP contribution in [0.1, 0.15) is 49.2 Å². The van der Waals surface area contributed by atoms with Gasteiger partial charge in [0.25, 0.3) is 0 Å². The van der Waals surface area contributed by atoms with Gasteiger partial charge in [0.05, 0.1) is 12.1 Å². The van der Waals surface area contributed by atoms with Crippen LogP contribution in [0.4, 0.5) is 5.13 Å². The largest absolute Gasteiger partial charge is 0.360 e. The van der Waals surface area contributed by atoms with Crippen molar-refractivity contribution >= 4 is 49.8 Å². The first-order valence-electron chi connectivity index (χ1n) is 17.8. The molecule has 50 heavy (non-hydrogen) atoms. The van der Waals surface area contributed by atoms with Gasteiger partial charge in [-0.3, -0.25) is 9.59 Å². The summed E-state index contributed by atoms with van der Waals surface area (Å²) in [5.74, 6) is 0.187. The number of fused-ring (bicyclic) bond motifs is 2. The van der Waals surface area contributed by atoms with E-state index in [1.807, 2.05) is 41.0 Å². The first-order valence-corrected chi connectivity index (χ1v) is 18.6. The minimum Gasteiger partial charge on any atom is -0.360 e. The van der Waals surface area contributed by atoms with Gasteiger partial charge in [-0.25, -0.2) is 0 Å². The minimum atomic E-state index is -0.696. The second-order valence-electron chi connectivity index (χ2n) is 14.1. The van der Waals surface area contributed by atoms with Crippen molar-refractivity contribution in [3.63, 3.8) is 0 Å². The molecule has 0 bridgehead atoms. The Morgan fingerprint density at radius 1 is 0.780 bits per heavy atom. The Bertz CT molecular complexity index is 1930. The van der Waals surface area contributed by atoms with Crippen LogP contribution in [-0.2, 0) is 22.4 Å². The van der Waals surface area contributed by atoms with E-state index < -0.39 is 12.1 Å². The maximum atomic E-state index is 14.3. The molecule has 10 heteroatoms. The molecule has 5 N–H and O–H groups in total. The quantitative estimate of drug-likeness (QED) is 0.130. The Labute approximate surface area is 299 Å². The Morgan fingerprint density at radius 2 is 1.30 bits per heavy atom. The normalized spacial score (nSPS) is 17.7. The van der Waals surface area contributed by atoms with Gasteiger partial charge in [0.2, 0.25) is 16.9 Å². The third kappa shape index (κ3) is 8.67. The lowest BCUT2D eigenvalue weighted by Crippen LogP contribution is -2.65. The lowest BCUT2D eigenvalue weighted by atomic mass is 9.93. The van der Waals surface area contributed by atoms with Gasteiger partial charge < -0.3 is 26.6 Å². The highest BCUT2D eigenvalue weighted by molar-refractivity contribution is 7.15. The van der Waals surface area contributed by atoms with Crippen molar-refractivity contribution in [2.75, 3.05) is 25.0 Å². The van der Waals surface area contributed by atoms with Crippen molar-refractivity contribution in [1.29, 1.82) is 0 Å². The molecule has 4 atom stereocenters. The average Bonchev–Trinajstić information content (AvgIpc) is 3.53. The summed E-state index contributed by atoms with van der Waals surface area (Å²) in [6, 6.07) is 27.2. The SMILES string of the molecule is Cc1nnc(NCCC[C@H]2CN(C(=O)[C@H](N)Cc3ccc4ccccc4c3)[C@H](CC(C)C)CN2C(=O)[C@H](N)Cc2ccc3ccccc3c2)s1. The highest BCUT2D eigenvalue weighted by Gasteiger charge is 2.41. The van der Waals surface area contributed by atoms with Gasteiger partial charge in [-0.05, 0) is 77.6 Å². The molecule has 5 aromatic rings. The number of piperazine rings is 1. The van der Waals surface area contributed by atoms with Crippen LogP contribution in [0.25, 0.3) is 21.5 Å². The molecule has 0 unspecified atom stereocenters. The molecule has 1 saturated heterocycles. The molecule has 6 rings (SSSR count). The number of aromatic nitrogens is 2. The highest BCUT2D eigenvalue weighted by atomic mass is 32.1. The number of nitrogens with two attached hydrogens (primary N) is 2. The monoisotopic (exact) mass is 691 g/mol. The summed E-state index contributed by atoms with van der Waals surface area (Å²) in [6.45, 7) is 7.78. The van der Waals surface area contributed by atoms with Crippen LogP contribution in [0.2, 0.25) is 0 Å². The maximum absolute atomic E-state index is 14.3. The minimum absolute atomic E-state index is 0.0659. The van der Waals surface area contributed by atoms with Crippen LogP contribution >= 0.6 is 11.3 Å². The van der Waals surface area contributed by atoms with Crippen molar-refractivity contribution in [1.82, 2.24) is 20.0 Å². The summed E-state index contributed by atoms with van der Waals surface area (Å²) in [4.78, 5) is 32.4. The molecule has 4 aromatic carbocycles. The number of nitrogens with zero attached hydrogens (tertiary/aromatic N) is 4. The van der Waals surface area contributed by atoms with Crippen LogP contribution in [0, 0.1) is 12.8 Å². The fourth-order valence-corrected chi connectivity index (χ4v) is 7.84. The highest BCUT2D eigenvalue weighted by Crippen LogP contribution is 2.27. The molecule has 0 saturated carbocycles. The van der Waals surface area contributed by atoms with E-state index in [-0.39, 0.29) is 23.9 Å². The van der Waals surface area contributed by atoms with Gasteiger partial charge in [0.1, 0.15) is 5.01 Å². The van der Waals surface area contributed by atoms with E-state index in [0.29, 0.717) is 44.8 Å². The Kier molecular flexibility index (Phi) is 11.4. The summed E-state index contributed by atoms with van der Waals surface area (Å²) in [6.07, 6.45) is 3.15. The number of rotatable bonds is 13. The topological polar surface area (TPSA) is 130 Å². The van der Waals surface area contributed by atoms with Crippen molar-refractivity contribution in [2.24, 2.45) is 17.4 Å². The van der Waals surface area contributed by atoms with Crippen LogP contribution < -0.4 is 16.8 Å². The van der Waals surface area contributed by atoms with Crippen LogP contribution in [0.3, 0.4) is 0 Å². The van der Waals surface area contributed by atoms with Gasteiger partial charge in [-0.1, -0.05) is 110 Å². The third-order valence-electron chi connectivity index (χ3n) is 9.70. The average molecular weight is 692 g/mol. The number of anilines is 1. The zero-order valence-corrected chi connectivity index (χ0v) is 30.1. The molecule has 0 aliphatic carbocycles. The molecule has 0 spiro atoms. The summed E-state index contributed by atoms with van der Waals surface area (Å²) < 4.78 is 0. The predicted molar refractivity (Wildman–Crippen MR) is 204 cm³/mol. The van der Waals surface area contributed by atoms with Gasteiger partial charge in [0.15, 0.2) is 0 Å². The number of nitrogens with one attached hydrogen (secondary N) is 1. The maximum Gasteiger partial charge on any atom is 0.240 e. The molecule has 1 aliphatic rings. The molecule has 2 heterocycles. The number of hydrogen-bond donors (Lipinski definition) is 3. The molecule has 1 aromatic heterocycles. The number of carbonyl (C=O) groups excluding carboxylic acids is 2. The Balaban J connectivity index is 1.20. The van der Waals surface area contributed by atoms with E-state index in [2.05, 4.69) is 90.0 Å². The molecule has 0 radical (unpaired) electrons. The van der Waals surface area contributed by atoms with Gasteiger partial charge in [-0.2, -0.15) is 0 Å². The van der Waals surface area contributed by atoms with Gasteiger partial charge in [-0.15, -0.1) is 10.2 Å². The number of amides is 2. The summed E-state index contributed by atoms with van der Waals surface area (Å²) in [7, 11) is 0. The van der Waals surface area contributed by atoms with Crippen molar-refractivity contribution in [3.8, 4) is 0 Å². The van der Waals surface area contributed by atoms with Crippen molar-refractivity contribution in [2.45, 2.75) is 77.0 Å². The second-order valence-corrected chi connectivity index (χ2v) is 15.3. The summed E-state index contributed by atoms with van der Waals surface area (Å²) in [5.41, 5.74) is 15.5. The fraction of sp³-hybridized carbons (Fsp3) is 0.400. The molecule has 9 nitrogen and oxygen atoms in total. The molecule has 1 fully saturated rings. The van der Waals surface area contributed by atoms with E-state index in [9.17, 15) is 9.59 Å². The molecular formula is C40H49N7O2S. The Hall–Kier alpha value is -4.38. The lowest BCUT2D eigenvalue weighted by molar-refractivity contribution is -0.149. The molecule has 1 aliphatic heterocycles. The number of carbonyl (C=O) groups is 2. The van der Waals surface area contributed by atoms with E-state index >= 15 is 0 Å². The number of benzene rings is 4. The standard InChI is InChI=1S/C40H49N7O2S/c1-26(2)19-35-25-46(38(48)36(41)22-28-14-16-30-9-4-6-11-32(30)20-28)34(13-8-18-43-40-45-44-27(3)50-40)24-47(35)39(49)37(42)23-29-15-17-31-10-5-7-12-33(31)21-29/h4-7,9-12,14-17,20-21,26,34-37H,8,13,18-19,22-25,41-42H2,1-3H3,(H,43,45)/t34-,35+,36+,37+/m0/s1. The van der Waals surface area contributed by atoms with Crippen LogP contribution in [0.15, 0.2) is 84.9 Å². The lowest BCUT2D eigenvalue weighted by Gasteiger charge is -2.48. The van der Waals surface area contributed by atoms with E-state index in [0.717, 1.165) is 55.7 Å². The zero-order valence-electron chi connectivity index (χ0n) is 29.3. The first kappa shape index (κ1) is 35.4.